The second-order valence-electron chi connectivity index (χ2n) is 5.89. The molecule has 1 atom stereocenters. The van der Waals surface area contributed by atoms with Crippen LogP contribution in [-0.2, 0) is 4.74 Å². The van der Waals surface area contributed by atoms with E-state index in [1.165, 1.54) is 30.4 Å². The van der Waals surface area contributed by atoms with Gasteiger partial charge in [-0.3, -0.25) is 11.3 Å². The number of rotatable bonds is 4. The van der Waals surface area contributed by atoms with Crippen LogP contribution >= 0.6 is 0 Å². The lowest BCUT2D eigenvalue weighted by Crippen LogP contribution is -2.36. The molecule has 0 aromatic heterocycles. The van der Waals surface area contributed by atoms with Crippen molar-refractivity contribution < 1.29 is 4.74 Å². The molecule has 1 aromatic rings. The molecule has 3 nitrogen and oxygen atoms in total. The highest BCUT2D eigenvalue weighted by Gasteiger charge is 2.25. The lowest BCUT2D eigenvalue weighted by Gasteiger charge is -2.31. The van der Waals surface area contributed by atoms with Crippen molar-refractivity contribution in [1.82, 2.24) is 5.43 Å². The van der Waals surface area contributed by atoms with Crippen molar-refractivity contribution in [1.29, 1.82) is 0 Å². The Balaban J connectivity index is 1.71. The molecule has 0 spiro atoms. The number of nitrogens with two attached hydrogens (primary N) is 1. The highest BCUT2D eigenvalue weighted by molar-refractivity contribution is 5.28. The van der Waals surface area contributed by atoms with Gasteiger partial charge in [-0.25, -0.2) is 0 Å². The van der Waals surface area contributed by atoms with Gasteiger partial charge in [-0.1, -0.05) is 30.7 Å². The van der Waals surface area contributed by atoms with E-state index in [0.29, 0.717) is 5.92 Å². The summed E-state index contributed by atoms with van der Waals surface area (Å²) in [5.41, 5.74) is 5.82. The predicted octanol–water partition coefficient (Wildman–Crippen LogP) is 2.89. The smallest absolute Gasteiger partial charge is 0.0489 e. The van der Waals surface area contributed by atoms with Gasteiger partial charge >= 0.3 is 0 Å². The molecule has 1 aliphatic heterocycles. The van der Waals surface area contributed by atoms with Gasteiger partial charge in [0.25, 0.3) is 0 Å². The number of benzene rings is 1. The average molecular weight is 260 g/mol. The second-order valence-corrected chi connectivity index (χ2v) is 5.89. The van der Waals surface area contributed by atoms with Crippen LogP contribution < -0.4 is 11.3 Å². The maximum atomic E-state index is 5.78. The maximum Gasteiger partial charge on any atom is 0.0489 e. The Morgan fingerprint density at radius 2 is 1.74 bits per heavy atom. The van der Waals surface area contributed by atoms with E-state index in [1.54, 1.807) is 0 Å². The summed E-state index contributed by atoms with van der Waals surface area (Å²) >= 11 is 0. The molecule has 1 saturated carbocycles. The fourth-order valence-corrected chi connectivity index (χ4v) is 3.27. The number of hydrogen-bond acceptors (Lipinski definition) is 3. The highest BCUT2D eigenvalue weighted by Crippen LogP contribution is 2.37. The highest BCUT2D eigenvalue weighted by atomic mass is 16.5. The fourth-order valence-electron chi connectivity index (χ4n) is 3.27. The van der Waals surface area contributed by atoms with Crippen LogP contribution in [0.25, 0.3) is 0 Å². The zero-order valence-electron chi connectivity index (χ0n) is 11.5. The molecule has 1 aromatic carbocycles. The maximum absolute atomic E-state index is 5.78. The van der Waals surface area contributed by atoms with Gasteiger partial charge in [0.1, 0.15) is 0 Å². The van der Waals surface area contributed by atoms with E-state index in [-0.39, 0.29) is 6.04 Å². The minimum absolute atomic E-state index is 0.263. The monoisotopic (exact) mass is 260 g/mol. The SMILES string of the molecule is NNC(c1ccc(C2CCC2)cc1)C1CCOCC1. The van der Waals surface area contributed by atoms with E-state index in [4.69, 9.17) is 10.6 Å². The molecular formula is C16H24N2O. The summed E-state index contributed by atoms with van der Waals surface area (Å²) in [6, 6.07) is 9.37. The fraction of sp³-hybridized carbons (Fsp3) is 0.625. The topological polar surface area (TPSA) is 47.3 Å². The Hall–Kier alpha value is -0.900. The molecule has 2 fully saturated rings. The third-order valence-corrected chi connectivity index (χ3v) is 4.79. The summed E-state index contributed by atoms with van der Waals surface area (Å²) in [5.74, 6) is 7.18. The standard InChI is InChI=1S/C16H24N2O/c17-18-16(15-8-10-19-11-9-15)14-6-4-13(5-7-14)12-2-1-3-12/h4-7,12,15-16,18H,1-3,8-11,17H2. The van der Waals surface area contributed by atoms with E-state index < -0.39 is 0 Å². The van der Waals surface area contributed by atoms with Crippen LogP contribution in [0.4, 0.5) is 0 Å². The molecular weight excluding hydrogens is 236 g/mol. The normalized spacial score (nSPS) is 23.0. The quantitative estimate of drug-likeness (QED) is 0.646. The molecule has 104 valence electrons. The molecule has 0 amide bonds. The van der Waals surface area contributed by atoms with Crippen molar-refractivity contribution in [2.45, 2.75) is 44.1 Å². The molecule has 0 bridgehead atoms. The first-order chi connectivity index (χ1) is 9.38. The first-order valence-electron chi connectivity index (χ1n) is 7.52. The van der Waals surface area contributed by atoms with E-state index in [1.807, 2.05) is 0 Å². The Kier molecular flexibility index (Phi) is 4.16. The van der Waals surface area contributed by atoms with Gasteiger partial charge < -0.3 is 4.74 Å². The molecule has 3 heteroatoms. The summed E-state index contributed by atoms with van der Waals surface area (Å²) in [5, 5.41) is 0. The predicted molar refractivity (Wildman–Crippen MR) is 76.6 cm³/mol. The minimum Gasteiger partial charge on any atom is -0.381 e. The van der Waals surface area contributed by atoms with Gasteiger partial charge in [0.05, 0.1) is 0 Å². The van der Waals surface area contributed by atoms with E-state index >= 15 is 0 Å². The first kappa shape index (κ1) is 13.1. The summed E-state index contributed by atoms with van der Waals surface area (Å²) in [6.45, 7) is 1.73. The molecule has 1 heterocycles. The van der Waals surface area contributed by atoms with Crippen molar-refractivity contribution in [2.24, 2.45) is 11.8 Å². The zero-order chi connectivity index (χ0) is 13.1. The number of nitrogens with one attached hydrogen (secondary N) is 1. The van der Waals surface area contributed by atoms with Crippen LogP contribution in [-0.4, -0.2) is 13.2 Å². The van der Waals surface area contributed by atoms with Crippen LogP contribution in [0.3, 0.4) is 0 Å². The zero-order valence-corrected chi connectivity index (χ0v) is 11.5. The van der Waals surface area contributed by atoms with Crippen LogP contribution in [0.1, 0.15) is 55.2 Å². The second kappa shape index (κ2) is 6.04. The first-order valence-corrected chi connectivity index (χ1v) is 7.52. The summed E-state index contributed by atoms with van der Waals surface area (Å²) in [6.07, 6.45) is 6.30. The lowest BCUT2D eigenvalue weighted by atomic mass is 9.79. The Morgan fingerprint density at radius 1 is 1.05 bits per heavy atom. The van der Waals surface area contributed by atoms with Crippen LogP contribution in [0.2, 0.25) is 0 Å². The van der Waals surface area contributed by atoms with Crippen molar-refractivity contribution in [3.8, 4) is 0 Å². The Bertz CT molecular complexity index is 394. The van der Waals surface area contributed by atoms with Crippen molar-refractivity contribution in [3.05, 3.63) is 35.4 Å². The Labute approximate surface area is 115 Å². The van der Waals surface area contributed by atoms with Crippen LogP contribution in [0, 0.1) is 5.92 Å². The van der Waals surface area contributed by atoms with Crippen molar-refractivity contribution in [3.63, 3.8) is 0 Å². The molecule has 2 aliphatic rings. The van der Waals surface area contributed by atoms with Gasteiger partial charge in [0.15, 0.2) is 0 Å². The van der Waals surface area contributed by atoms with E-state index in [9.17, 15) is 0 Å². The summed E-state index contributed by atoms with van der Waals surface area (Å²) in [4.78, 5) is 0. The number of hydrogen-bond donors (Lipinski definition) is 2. The van der Waals surface area contributed by atoms with Gasteiger partial charge in [-0.15, -0.1) is 0 Å². The summed E-state index contributed by atoms with van der Waals surface area (Å²) < 4.78 is 5.43. The molecule has 1 unspecified atom stereocenters. The molecule has 0 radical (unpaired) electrons. The number of ether oxygens (including phenoxy) is 1. The lowest BCUT2D eigenvalue weighted by molar-refractivity contribution is 0.0536. The van der Waals surface area contributed by atoms with Gasteiger partial charge in [0, 0.05) is 19.3 Å². The average Bonchev–Trinajstić information content (AvgIpc) is 2.41. The number of hydrazine groups is 1. The van der Waals surface area contributed by atoms with Gasteiger partial charge in [0.2, 0.25) is 0 Å². The third-order valence-electron chi connectivity index (χ3n) is 4.79. The molecule has 19 heavy (non-hydrogen) atoms. The van der Waals surface area contributed by atoms with Gasteiger partial charge in [-0.2, -0.15) is 0 Å². The van der Waals surface area contributed by atoms with E-state index in [0.717, 1.165) is 32.0 Å². The third kappa shape index (κ3) is 2.83. The van der Waals surface area contributed by atoms with Crippen molar-refractivity contribution in [2.75, 3.05) is 13.2 Å². The van der Waals surface area contributed by atoms with E-state index in [2.05, 4.69) is 29.7 Å². The van der Waals surface area contributed by atoms with Crippen molar-refractivity contribution >= 4 is 0 Å². The van der Waals surface area contributed by atoms with Gasteiger partial charge in [-0.05, 0) is 48.6 Å². The van der Waals surface area contributed by atoms with Crippen LogP contribution in [0.5, 0.6) is 0 Å². The molecule has 3 N–H and O–H groups in total. The molecule has 3 rings (SSSR count). The molecule has 1 saturated heterocycles. The summed E-state index contributed by atoms with van der Waals surface area (Å²) in [7, 11) is 0. The minimum atomic E-state index is 0.263. The largest absolute Gasteiger partial charge is 0.381 e. The van der Waals surface area contributed by atoms with Crippen LogP contribution in [0.15, 0.2) is 24.3 Å². The molecule has 1 aliphatic carbocycles. The Morgan fingerprint density at radius 3 is 2.26 bits per heavy atom.